The largest absolute Gasteiger partial charge is 0.493 e. The number of carboxylic acid groups (broad SMARTS) is 1. The molecule has 1 atom stereocenters. The van der Waals surface area contributed by atoms with E-state index < -0.39 is 17.9 Å². The van der Waals surface area contributed by atoms with E-state index in [1.54, 1.807) is 19.1 Å². The highest BCUT2D eigenvalue weighted by Gasteiger charge is 2.37. The Balaban J connectivity index is 2.24. The minimum absolute atomic E-state index is 0.0342. The van der Waals surface area contributed by atoms with Crippen LogP contribution in [0.25, 0.3) is 0 Å². The maximum absolute atomic E-state index is 12.3. The summed E-state index contributed by atoms with van der Waals surface area (Å²) in [4.78, 5) is 23.5. The fourth-order valence-corrected chi connectivity index (χ4v) is 2.26. The number of methoxy groups -OCH3 is 2. The Morgan fingerprint density at radius 3 is 2.29 bits per heavy atom. The van der Waals surface area contributed by atoms with Gasteiger partial charge in [-0.1, -0.05) is 0 Å². The van der Waals surface area contributed by atoms with Crippen LogP contribution < -0.4 is 14.8 Å². The van der Waals surface area contributed by atoms with E-state index >= 15 is 0 Å². The number of carbonyl (C=O) groups is 2. The molecule has 0 heterocycles. The smallest absolute Gasteiger partial charge is 0.326 e. The summed E-state index contributed by atoms with van der Waals surface area (Å²) < 4.78 is 10.3. The number of aryl methyl sites for hydroxylation is 1. The van der Waals surface area contributed by atoms with Gasteiger partial charge in [-0.15, -0.1) is 0 Å². The van der Waals surface area contributed by atoms with Crippen LogP contribution >= 0.6 is 0 Å². The van der Waals surface area contributed by atoms with Crippen molar-refractivity contribution < 1.29 is 24.2 Å². The second-order valence-electron chi connectivity index (χ2n) is 5.15. The van der Waals surface area contributed by atoms with E-state index in [4.69, 9.17) is 9.47 Å². The van der Waals surface area contributed by atoms with Gasteiger partial charge in [0.1, 0.15) is 6.04 Å². The van der Waals surface area contributed by atoms with Crippen LogP contribution in [0.5, 0.6) is 11.5 Å². The molecule has 0 radical (unpaired) electrons. The highest BCUT2D eigenvalue weighted by Crippen LogP contribution is 2.34. The van der Waals surface area contributed by atoms with Crippen LogP contribution in [0.15, 0.2) is 12.1 Å². The highest BCUT2D eigenvalue weighted by atomic mass is 16.5. The number of carbonyl (C=O) groups excluding carboxylic acids is 1. The maximum atomic E-state index is 12.3. The van der Waals surface area contributed by atoms with Crippen LogP contribution in [-0.2, 0) is 4.79 Å². The van der Waals surface area contributed by atoms with Crippen molar-refractivity contribution in [3.05, 3.63) is 23.3 Å². The summed E-state index contributed by atoms with van der Waals surface area (Å²) in [6.45, 7) is 1.77. The third kappa shape index (κ3) is 3.26. The van der Waals surface area contributed by atoms with E-state index in [0.717, 1.165) is 12.8 Å². The monoisotopic (exact) mass is 293 g/mol. The highest BCUT2D eigenvalue weighted by molar-refractivity contribution is 5.98. The molecule has 1 unspecified atom stereocenters. The van der Waals surface area contributed by atoms with Crippen molar-refractivity contribution in [2.45, 2.75) is 25.8 Å². The molecule has 0 saturated heterocycles. The van der Waals surface area contributed by atoms with E-state index in [9.17, 15) is 14.7 Å². The molecular formula is C15H19NO5. The third-order valence-electron chi connectivity index (χ3n) is 3.62. The van der Waals surface area contributed by atoms with Crippen molar-refractivity contribution >= 4 is 11.9 Å². The number of ether oxygens (including phenoxy) is 2. The third-order valence-corrected chi connectivity index (χ3v) is 3.62. The summed E-state index contributed by atoms with van der Waals surface area (Å²) in [5.41, 5.74) is 1.09. The Hall–Kier alpha value is -2.24. The van der Waals surface area contributed by atoms with Crippen molar-refractivity contribution in [1.29, 1.82) is 0 Å². The minimum Gasteiger partial charge on any atom is -0.493 e. The zero-order valence-electron chi connectivity index (χ0n) is 12.3. The van der Waals surface area contributed by atoms with Crippen LogP contribution in [0, 0.1) is 12.8 Å². The first kappa shape index (κ1) is 15.2. The fourth-order valence-electron chi connectivity index (χ4n) is 2.26. The molecule has 114 valence electrons. The van der Waals surface area contributed by atoms with E-state index in [-0.39, 0.29) is 5.92 Å². The Kier molecular flexibility index (Phi) is 4.35. The van der Waals surface area contributed by atoms with Gasteiger partial charge in [-0.2, -0.15) is 0 Å². The molecule has 1 saturated carbocycles. The van der Waals surface area contributed by atoms with Gasteiger partial charge in [0.25, 0.3) is 5.91 Å². The minimum atomic E-state index is -0.996. The number of amides is 1. The van der Waals surface area contributed by atoms with Gasteiger partial charge in [0, 0.05) is 5.56 Å². The number of benzene rings is 1. The van der Waals surface area contributed by atoms with Crippen molar-refractivity contribution in [2.24, 2.45) is 5.92 Å². The fraction of sp³-hybridized carbons (Fsp3) is 0.467. The standard InChI is InChI=1S/C15H19NO5/c1-8-6-11(20-2)12(21-3)7-10(8)14(17)16-13(15(18)19)9-4-5-9/h6-7,9,13H,4-5H2,1-3H3,(H,16,17)(H,18,19). The Bertz CT molecular complexity index is 565. The van der Waals surface area contributed by atoms with Crippen LogP contribution in [0.4, 0.5) is 0 Å². The van der Waals surface area contributed by atoms with E-state index in [2.05, 4.69) is 5.32 Å². The van der Waals surface area contributed by atoms with Crippen LogP contribution in [0.3, 0.4) is 0 Å². The van der Waals surface area contributed by atoms with E-state index in [1.807, 2.05) is 0 Å². The van der Waals surface area contributed by atoms with Crippen molar-refractivity contribution in [3.63, 3.8) is 0 Å². The summed E-state index contributed by atoms with van der Waals surface area (Å²) in [6.07, 6.45) is 1.67. The van der Waals surface area contributed by atoms with Crippen molar-refractivity contribution in [2.75, 3.05) is 14.2 Å². The molecule has 1 aliphatic carbocycles. The van der Waals surface area contributed by atoms with Gasteiger partial charge < -0.3 is 19.9 Å². The molecular weight excluding hydrogens is 274 g/mol. The van der Waals surface area contributed by atoms with Gasteiger partial charge in [-0.3, -0.25) is 4.79 Å². The Morgan fingerprint density at radius 1 is 1.24 bits per heavy atom. The van der Waals surface area contributed by atoms with Gasteiger partial charge in [-0.25, -0.2) is 4.79 Å². The lowest BCUT2D eigenvalue weighted by Crippen LogP contribution is -2.42. The van der Waals surface area contributed by atoms with Crippen molar-refractivity contribution in [1.82, 2.24) is 5.32 Å². The molecule has 1 fully saturated rings. The molecule has 1 aromatic rings. The lowest BCUT2D eigenvalue weighted by Gasteiger charge is -2.16. The lowest BCUT2D eigenvalue weighted by molar-refractivity contribution is -0.139. The molecule has 2 N–H and O–H groups in total. The molecule has 1 aliphatic rings. The number of hydrogen-bond donors (Lipinski definition) is 2. The molecule has 0 aliphatic heterocycles. The number of nitrogens with one attached hydrogen (secondary N) is 1. The predicted octanol–water partition coefficient (Wildman–Crippen LogP) is 1.61. The molecule has 0 bridgehead atoms. The zero-order valence-corrected chi connectivity index (χ0v) is 12.3. The summed E-state index contributed by atoms with van der Waals surface area (Å²) in [6, 6.07) is 2.43. The van der Waals surface area contributed by atoms with Gasteiger partial charge in [0.05, 0.1) is 14.2 Å². The average Bonchev–Trinajstić information content (AvgIpc) is 3.28. The Morgan fingerprint density at radius 2 is 1.81 bits per heavy atom. The van der Waals surface area contributed by atoms with Gasteiger partial charge in [0.15, 0.2) is 11.5 Å². The maximum Gasteiger partial charge on any atom is 0.326 e. The molecule has 0 spiro atoms. The molecule has 1 amide bonds. The molecule has 6 heteroatoms. The second-order valence-corrected chi connectivity index (χ2v) is 5.15. The van der Waals surface area contributed by atoms with Gasteiger partial charge in [-0.05, 0) is 43.4 Å². The van der Waals surface area contributed by atoms with Gasteiger partial charge in [0.2, 0.25) is 0 Å². The summed E-state index contributed by atoms with van der Waals surface area (Å²) in [7, 11) is 3.00. The molecule has 6 nitrogen and oxygen atoms in total. The zero-order chi connectivity index (χ0) is 15.6. The predicted molar refractivity (Wildman–Crippen MR) is 75.9 cm³/mol. The first-order chi connectivity index (χ1) is 9.97. The lowest BCUT2D eigenvalue weighted by atomic mass is 10.1. The van der Waals surface area contributed by atoms with Crippen LogP contribution in [0.1, 0.15) is 28.8 Å². The average molecular weight is 293 g/mol. The second kappa shape index (κ2) is 6.03. The van der Waals surface area contributed by atoms with Gasteiger partial charge >= 0.3 is 5.97 Å². The number of rotatable bonds is 6. The molecule has 2 rings (SSSR count). The normalized spacial score (nSPS) is 15.2. The Labute approximate surface area is 123 Å². The SMILES string of the molecule is COc1cc(C)c(C(=O)NC(C(=O)O)C2CC2)cc1OC. The molecule has 0 aromatic heterocycles. The number of hydrogen-bond acceptors (Lipinski definition) is 4. The summed E-state index contributed by atoms with van der Waals surface area (Å²) in [5, 5.41) is 11.8. The van der Waals surface area contributed by atoms with E-state index in [0.29, 0.717) is 22.6 Å². The van der Waals surface area contributed by atoms with E-state index in [1.165, 1.54) is 14.2 Å². The first-order valence-electron chi connectivity index (χ1n) is 6.74. The molecule has 21 heavy (non-hydrogen) atoms. The topological polar surface area (TPSA) is 84.9 Å². The van der Waals surface area contributed by atoms with Crippen LogP contribution in [0.2, 0.25) is 0 Å². The molecule has 1 aromatic carbocycles. The van der Waals surface area contributed by atoms with Crippen molar-refractivity contribution in [3.8, 4) is 11.5 Å². The number of carboxylic acids is 1. The number of aliphatic carboxylic acids is 1. The summed E-state index contributed by atoms with van der Waals surface area (Å²) in [5.74, 6) is -0.404. The van der Waals surface area contributed by atoms with Crippen LogP contribution in [-0.4, -0.2) is 37.2 Å². The summed E-state index contributed by atoms with van der Waals surface area (Å²) >= 11 is 0. The first-order valence-corrected chi connectivity index (χ1v) is 6.74. The quantitative estimate of drug-likeness (QED) is 0.832.